The van der Waals surface area contributed by atoms with Gasteiger partial charge < -0.3 is 10.2 Å². The summed E-state index contributed by atoms with van der Waals surface area (Å²) >= 11 is 0.782. The molecule has 1 aliphatic rings. The lowest BCUT2D eigenvalue weighted by molar-refractivity contribution is -0.112. The SMILES string of the molecule is O=C1N=c2ccccc2=C1c1sc(=O)n(-c2ccc(O)cc2)c1O. The fraction of sp³-hybridized carbons (Fsp3) is 0. The number of rotatable bonds is 2. The minimum atomic E-state index is -0.481. The van der Waals surface area contributed by atoms with Crippen LogP contribution in [-0.4, -0.2) is 20.7 Å². The summed E-state index contributed by atoms with van der Waals surface area (Å²) in [4.78, 5) is 28.3. The second kappa shape index (κ2) is 5.17. The molecule has 0 saturated carbocycles. The Balaban J connectivity index is 1.99. The first-order chi connectivity index (χ1) is 11.6. The molecule has 1 aliphatic heterocycles. The van der Waals surface area contributed by atoms with Crippen LogP contribution in [0.5, 0.6) is 11.6 Å². The normalized spacial score (nSPS) is 13.0. The second-order valence-corrected chi connectivity index (χ2v) is 6.14. The van der Waals surface area contributed by atoms with Gasteiger partial charge in [-0.25, -0.2) is 9.56 Å². The number of thiazole rings is 1. The standard InChI is InChI=1S/C17H10N2O4S/c20-10-7-5-9(6-8-10)19-16(22)14(24-17(19)23)13-11-3-1-2-4-12(11)18-15(13)21/h1-8,20,22H. The van der Waals surface area contributed by atoms with Gasteiger partial charge in [0.25, 0.3) is 5.91 Å². The molecular weight excluding hydrogens is 328 g/mol. The number of fused-ring (bicyclic) bond motifs is 1. The summed E-state index contributed by atoms with van der Waals surface area (Å²) in [6.45, 7) is 0. The predicted molar refractivity (Wildman–Crippen MR) is 88.0 cm³/mol. The molecule has 7 heteroatoms. The average Bonchev–Trinajstić information content (AvgIpc) is 3.04. The van der Waals surface area contributed by atoms with E-state index in [1.54, 1.807) is 24.3 Å². The van der Waals surface area contributed by atoms with Crippen molar-refractivity contribution >= 4 is 22.8 Å². The number of phenols is 1. The lowest BCUT2D eigenvalue weighted by Crippen LogP contribution is -2.22. The fourth-order valence-corrected chi connectivity index (χ4v) is 3.58. The van der Waals surface area contributed by atoms with Crippen molar-refractivity contribution in [3.63, 3.8) is 0 Å². The predicted octanol–water partition coefficient (Wildman–Crippen LogP) is 0.669. The fourth-order valence-electron chi connectivity index (χ4n) is 2.64. The number of hydrogen-bond acceptors (Lipinski definition) is 5. The molecule has 0 saturated heterocycles. The van der Waals surface area contributed by atoms with Gasteiger partial charge in [-0.15, -0.1) is 0 Å². The summed E-state index contributed by atoms with van der Waals surface area (Å²) in [5.74, 6) is -0.744. The van der Waals surface area contributed by atoms with Crippen LogP contribution in [-0.2, 0) is 4.79 Å². The van der Waals surface area contributed by atoms with Gasteiger partial charge in [-0.3, -0.25) is 9.59 Å². The molecule has 0 fully saturated rings. The highest BCUT2D eigenvalue weighted by Gasteiger charge is 2.26. The molecule has 6 nitrogen and oxygen atoms in total. The molecule has 1 amide bonds. The van der Waals surface area contributed by atoms with Crippen LogP contribution >= 0.6 is 11.3 Å². The van der Waals surface area contributed by atoms with Crippen LogP contribution in [0.4, 0.5) is 0 Å². The van der Waals surface area contributed by atoms with Gasteiger partial charge in [0.05, 0.1) is 16.6 Å². The largest absolute Gasteiger partial charge is 0.508 e. The Bertz CT molecular complexity index is 1160. The minimum Gasteiger partial charge on any atom is -0.508 e. The Labute approximate surface area is 138 Å². The lowest BCUT2D eigenvalue weighted by Gasteiger charge is -2.04. The third kappa shape index (κ3) is 2.06. The van der Waals surface area contributed by atoms with Crippen molar-refractivity contribution in [2.45, 2.75) is 0 Å². The number of benzene rings is 2. The zero-order valence-electron chi connectivity index (χ0n) is 12.1. The summed E-state index contributed by atoms with van der Waals surface area (Å²) < 4.78 is 1.10. The Morgan fingerprint density at radius 1 is 0.958 bits per heavy atom. The minimum absolute atomic E-state index is 0.0508. The number of phenolic OH excluding ortho intramolecular Hbond substituents is 1. The van der Waals surface area contributed by atoms with Crippen molar-refractivity contribution in [2.24, 2.45) is 4.99 Å². The molecule has 0 unspecified atom stereocenters. The van der Waals surface area contributed by atoms with E-state index in [0.717, 1.165) is 15.9 Å². The number of nitrogens with zero attached hydrogens (tertiary/aromatic N) is 2. The first-order valence-corrected chi connectivity index (χ1v) is 7.85. The zero-order valence-corrected chi connectivity index (χ0v) is 12.9. The highest BCUT2D eigenvalue weighted by atomic mass is 32.1. The maximum absolute atomic E-state index is 12.3. The maximum Gasteiger partial charge on any atom is 0.315 e. The molecule has 0 spiro atoms. The molecule has 1 aromatic heterocycles. The van der Waals surface area contributed by atoms with Gasteiger partial charge in [0.1, 0.15) is 10.6 Å². The number of amides is 1. The van der Waals surface area contributed by atoms with Crippen LogP contribution in [0.25, 0.3) is 11.3 Å². The van der Waals surface area contributed by atoms with E-state index < -0.39 is 10.8 Å². The molecule has 2 heterocycles. The topological polar surface area (TPSA) is 91.9 Å². The van der Waals surface area contributed by atoms with E-state index in [1.807, 2.05) is 0 Å². The summed E-state index contributed by atoms with van der Waals surface area (Å²) in [6, 6.07) is 12.8. The number of aromatic nitrogens is 1. The molecule has 0 atom stereocenters. The van der Waals surface area contributed by atoms with Gasteiger partial charge in [0.15, 0.2) is 0 Å². The highest BCUT2D eigenvalue weighted by Crippen LogP contribution is 2.30. The van der Waals surface area contributed by atoms with E-state index in [4.69, 9.17) is 0 Å². The highest BCUT2D eigenvalue weighted by molar-refractivity contribution is 7.11. The summed E-state index contributed by atoms with van der Waals surface area (Å²) in [5, 5.41) is 21.0. The van der Waals surface area contributed by atoms with Crippen LogP contribution in [0.2, 0.25) is 0 Å². The quantitative estimate of drug-likeness (QED) is 0.718. The van der Waals surface area contributed by atoms with E-state index in [1.165, 1.54) is 24.3 Å². The molecule has 2 N–H and O–H groups in total. The summed E-state index contributed by atoms with van der Waals surface area (Å²) in [5.41, 5.74) is 0.622. The van der Waals surface area contributed by atoms with Crippen molar-refractivity contribution in [2.75, 3.05) is 0 Å². The van der Waals surface area contributed by atoms with E-state index in [2.05, 4.69) is 4.99 Å². The van der Waals surface area contributed by atoms with Crippen molar-refractivity contribution in [1.29, 1.82) is 0 Å². The third-order valence-corrected chi connectivity index (χ3v) is 4.68. The van der Waals surface area contributed by atoms with Crippen molar-refractivity contribution in [3.8, 4) is 17.3 Å². The van der Waals surface area contributed by atoms with Crippen molar-refractivity contribution in [3.05, 3.63) is 73.7 Å². The Morgan fingerprint density at radius 3 is 2.42 bits per heavy atom. The number of hydrogen-bond donors (Lipinski definition) is 2. The number of carbonyl (C=O) groups excluding carboxylic acids is 1. The summed E-state index contributed by atoms with van der Waals surface area (Å²) in [7, 11) is 0. The molecule has 4 rings (SSSR count). The molecule has 3 aromatic rings. The van der Waals surface area contributed by atoms with E-state index in [9.17, 15) is 19.8 Å². The third-order valence-electron chi connectivity index (χ3n) is 3.73. The van der Waals surface area contributed by atoms with Gasteiger partial charge in [-0.05, 0) is 30.3 Å². The number of para-hydroxylation sites is 1. The Morgan fingerprint density at radius 2 is 1.67 bits per heavy atom. The monoisotopic (exact) mass is 338 g/mol. The van der Waals surface area contributed by atoms with Crippen LogP contribution < -0.4 is 15.4 Å². The second-order valence-electron chi connectivity index (χ2n) is 5.18. The molecule has 118 valence electrons. The van der Waals surface area contributed by atoms with Crippen molar-refractivity contribution < 1.29 is 15.0 Å². The molecule has 0 radical (unpaired) electrons. The zero-order chi connectivity index (χ0) is 16.8. The Hall–Kier alpha value is -3.19. The van der Waals surface area contributed by atoms with Gasteiger partial charge in [0, 0.05) is 5.22 Å². The van der Waals surface area contributed by atoms with Gasteiger partial charge in [0.2, 0.25) is 5.88 Å². The van der Waals surface area contributed by atoms with E-state index in [0.29, 0.717) is 16.3 Å². The van der Waals surface area contributed by atoms with Crippen LogP contribution in [0.15, 0.2) is 58.3 Å². The van der Waals surface area contributed by atoms with Crippen LogP contribution in [0.3, 0.4) is 0 Å². The average molecular weight is 338 g/mol. The van der Waals surface area contributed by atoms with E-state index in [-0.39, 0.29) is 22.1 Å². The van der Waals surface area contributed by atoms with Gasteiger partial charge in [-0.1, -0.05) is 29.5 Å². The van der Waals surface area contributed by atoms with Gasteiger partial charge >= 0.3 is 4.87 Å². The van der Waals surface area contributed by atoms with Crippen molar-refractivity contribution in [1.82, 2.24) is 4.57 Å². The first-order valence-electron chi connectivity index (χ1n) is 7.03. The van der Waals surface area contributed by atoms with Gasteiger partial charge in [-0.2, -0.15) is 0 Å². The molecule has 0 aliphatic carbocycles. The molecule has 2 aromatic carbocycles. The van der Waals surface area contributed by atoms with Crippen LogP contribution in [0.1, 0.15) is 4.88 Å². The molecular formula is C17H10N2O4S. The maximum atomic E-state index is 12.3. The molecule has 24 heavy (non-hydrogen) atoms. The first kappa shape index (κ1) is 14.4. The van der Waals surface area contributed by atoms with Crippen LogP contribution in [0, 0.1) is 0 Å². The number of aromatic hydroxyl groups is 2. The molecule has 0 bridgehead atoms. The summed E-state index contributed by atoms with van der Waals surface area (Å²) in [6.07, 6.45) is 0. The number of carbonyl (C=O) groups is 1. The Kier molecular flexibility index (Phi) is 3.10. The van der Waals surface area contributed by atoms with E-state index >= 15 is 0 Å². The lowest BCUT2D eigenvalue weighted by atomic mass is 10.1. The smallest absolute Gasteiger partial charge is 0.315 e.